The van der Waals surface area contributed by atoms with Crippen LogP contribution >= 0.6 is 0 Å². The van der Waals surface area contributed by atoms with E-state index in [1.807, 2.05) is 12.1 Å². The van der Waals surface area contributed by atoms with Crippen molar-refractivity contribution < 1.29 is 14.6 Å². The van der Waals surface area contributed by atoms with Gasteiger partial charge in [-0.1, -0.05) is 31.7 Å². The second kappa shape index (κ2) is 7.97. The van der Waals surface area contributed by atoms with Gasteiger partial charge in [0, 0.05) is 18.2 Å². The molecule has 2 aliphatic carbocycles. The first-order valence-electron chi connectivity index (χ1n) is 9.15. The summed E-state index contributed by atoms with van der Waals surface area (Å²) in [6.45, 7) is 0. The number of nitrogens with zero attached hydrogens (tertiary/aromatic N) is 1. The largest absolute Gasteiger partial charge is 0.481 e. The quantitative estimate of drug-likeness (QED) is 0.813. The molecule has 1 aromatic heterocycles. The van der Waals surface area contributed by atoms with Gasteiger partial charge in [-0.05, 0) is 37.2 Å². The van der Waals surface area contributed by atoms with Gasteiger partial charge < -0.3 is 15.2 Å². The Labute approximate surface area is 143 Å². The molecule has 132 valence electrons. The number of pyridine rings is 1. The molecule has 1 atom stereocenters. The average molecular weight is 332 g/mol. The zero-order chi connectivity index (χ0) is 16.9. The number of carbonyl (C=O) groups excluding carboxylic acids is 1. The normalized spacial score (nSPS) is 26.1. The van der Waals surface area contributed by atoms with Gasteiger partial charge in [-0.3, -0.25) is 4.79 Å². The zero-order valence-corrected chi connectivity index (χ0v) is 14.4. The van der Waals surface area contributed by atoms with E-state index in [1.165, 1.54) is 12.8 Å². The topological polar surface area (TPSA) is 71.5 Å². The number of amides is 1. The molecule has 5 nitrogen and oxygen atoms in total. The molecule has 2 fully saturated rings. The number of nitrogens with one attached hydrogen (secondary N) is 1. The van der Waals surface area contributed by atoms with E-state index in [4.69, 9.17) is 4.74 Å². The summed E-state index contributed by atoms with van der Waals surface area (Å²) in [5, 5.41) is 12.9. The number of ether oxygens (including phenoxy) is 1. The van der Waals surface area contributed by atoms with Crippen molar-refractivity contribution in [2.45, 2.75) is 63.5 Å². The van der Waals surface area contributed by atoms with Crippen molar-refractivity contribution in [1.29, 1.82) is 0 Å². The maximum atomic E-state index is 12.8. The molecular weight excluding hydrogens is 304 g/mol. The minimum atomic E-state index is -0.238. The highest BCUT2D eigenvalue weighted by Gasteiger charge is 2.36. The van der Waals surface area contributed by atoms with Crippen molar-refractivity contribution in [2.24, 2.45) is 11.8 Å². The molecule has 1 amide bonds. The number of aliphatic hydroxyl groups excluding tert-OH is 1. The lowest BCUT2D eigenvalue weighted by atomic mass is 9.75. The third-order valence-electron chi connectivity index (χ3n) is 5.47. The second-order valence-electron chi connectivity index (χ2n) is 7.19. The molecule has 0 aliphatic heterocycles. The van der Waals surface area contributed by atoms with Crippen LogP contribution < -0.4 is 10.1 Å². The molecule has 0 spiro atoms. The van der Waals surface area contributed by atoms with Gasteiger partial charge in [0.2, 0.25) is 11.8 Å². The summed E-state index contributed by atoms with van der Waals surface area (Å²) in [6, 6.07) is 3.73. The fourth-order valence-corrected chi connectivity index (χ4v) is 3.88. The molecule has 2 saturated carbocycles. The first kappa shape index (κ1) is 17.2. The van der Waals surface area contributed by atoms with E-state index < -0.39 is 0 Å². The average Bonchev–Trinajstić information content (AvgIpc) is 2.86. The zero-order valence-electron chi connectivity index (χ0n) is 14.4. The standard InChI is InChI=1S/C19H28N2O3/c1-24-17-9-8-14(12-20-17)18(15-10-16(22)11-15)21-19(23)13-6-4-2-3-5-7-13/h8-9,12-13,15-16,18,22H,2-7,10-11H2,1H3,(H,21,23). The molecule has 5 heteroatoms. The number of aliphatic hydroxyl groups is 1. The molecule has 1 unspecified atom stereocenters. The Kier molecular flexibility index (Phi) is 5.72. The van der Waals surface area contributed by atoms with Gasteiger partial charge in [0.15, 0.2) is 0 Å². The number of carbonyl (C=O) groups is 1. The Morgan fingerprint density at radius 1 is 1.25 bits per heavy atom. The third-order valence-corrected chi connectivity index (χ3v) is 5.47. The van der Waals surface area contributed by atoms with Crippen LogP contribution in [0.2, 0.25) is 0 Å². The maximum absolute atomic E-state index is 12.8. The van der Waals surface area contributed by atoms with Crippen LogP contribution in [-0.4, -0.2) is 29.2 Å². The van der Waals surface area contributed by atoms with E-state index in [9.17, 15) is 9.90 Å². The fourth-order valence-electron chi connectivity index (χ4n) is 3.88. The smallest absolute Gasteiger partial charge is 0.223 e. The SMILES string of the molecule is COc1ccc(C(NC(=O)C2CCCCCC2)C2CC(O)C2)cn1. The molecule has 1 aromatic rings. The summed E-state index contributed by atoms with van der Waals surface area (Å²) >= 11 is 0. The molecule has 0 aromatic carbocycles. The maximum Gasteiger partial charge on any atom is 0.223 e. The number of hydrogen-bond acceptors (Lipinski definition) is 4. The molecule has 0 saturated heterocycles. The van der Waals surface area contributed by atoms with Crippen molar-refractivity contribution in [3.63, 3.8) is 0 Å². The van der Waals surface area contributed by atoms with Crippen LogP contribution in [0.1, 0.15) is 63.0 Å². The lowest BCUT2D eigenvalue weighted by Gasteiger charge is -2.38. The van der Waals surface area contributed by atoms with E-state index in [1.54, 1.807) is 13.3 Å². The van der Waals surface area contributed by atoms with Crippen molar-refractivity contribution >= 4 is 5.91 Å². The highest BCUT2D eigenvalue weighted by Crippen LogP contribution is 2.38. The summed E-state index contributed by atoms with van der Waals surface area (Å²) in [4.78, 5) is 17.0. The Morgan fingerprint density at radius 2 is 1.96 bits per heavy atom. The highest BCUT2D eigenvalue weighted by atomic mass is 16.5. The van der Waals surface area contributed by atoms with Crippen LogP contribution in [-0.2, 0) is 4.79 Å². The summed E-state index contributed by atoms with van der Waals surface area (Å²) in [6.07, 6.45) is 9.78. The van der Waals surface area contributed by atoms with Crippen LogP contribution in [0.25, 0.3) is 0 Å². The van der Waals surface area contributed by atoms with E-state index in [2.05, 4.69) is 10.3 Å². The Bertz CT molecular complexity index is 532. The number of hydrogen-bond donors (Lipinski definition) is 2. The molecule has 1 heterocycles. The fraction of sp³-hybridized carbons (Fsp3) is 0.684. The molecule has 0 radical (unpaired) electrons. The monoisotopic (exact) mass is 332 g/mol. The minimum absolute atomic E-state index is 0.0671. The summed E-state index contributed by atoms with van der Waals surface area (Å²) in [5.74, 6) is 1.15. The van der Waals surface area contributed by atoms with Gasteiger partial charge in [-0.2, -0.15) is 0 Å². The van der Waals surface area contributed by atoms with Gasteiger partial charge in [-0.15, -0.1) is 0 Å². The predicted octanol–water partition coefficient (Wildman–Crippen LogP) is 2.99. The van der Waals surface area contributed by atoms with E-state index >= 15 is 0 Å². The summed E-state index contributed by atoms with van der Waals surface area (Å²) < 4.78 is 5.12. The first-order valence-corrected chi connectivity index (χ1v) is 9.15. The van der Waals surface area contributed by atoms with Crippen LogP contribution in [0.5, 0.6) is 5.88 Å². The van der Waals surface area contributed by atoms with Crippen LogP contribution in [0.15, 0.2) is 18.3 Å². The Morgan fingerprint density at radius 3 is 2.50 bits per heavy atom. The molecule has 3 rings (SSSR count). The number of rotatable bonds is 5. The second-order valence-corrected chi connectivity index (χ2v) is 7.19. The Balaban J connectivity index is 1.70. The van der Waals surface area contributed by atoms with Gasteiger partial charge >= 0.3 is 0 Å². The molecule has 24 heavy (non-hydrogen) atoms. The van der Waals surface area contributed by atoms with E-state index in [0.717, 1.165) is 44.1 Å². The summed E-state index contributed by atoms with van der Waals surface area (Å²) in [5.41, 5.74) is 0.995. The summed E-state index contributed by atoms with van der Waals surface area (Å²) in [7, 11) is 1.59. The lowest BCUT2D eigenvalue weighted by Crippen LogP contribution is -2.43. The van der Waals surface area contributed by atoms with Crippen molar-refractivity contribution in [1.82, 2.24) is 10.3 Å². The van der Waals surface area contributed by atoms with E-state index in [0.29, 0.717) is 5.88 Å². The first-order chi connectivity index (χ1) is 11.7. The molecular formula is C19H28N2O3. The molecule has 2 aliphatic rings. The Hall–Kier alpha value is -1.62. The third kappa shape index (κ3) is 4.07. The lowest BCUT2D eigenvalue weighted by molar-refractivity contribution is -0.127. The van der Waals surface area contributed by atoms with Crippen LogP contribution in [0, 0.1) is 11.8 Å². The van der Waals surface area contributed by atoms with Gasteiger partial charge in [0.25, 0.3) is 0 Å². The van der Waals surface area contributed by atoms with Crippen molar-refractivity contribution in [3.05, 3.63) is 23.9 Å². The van der Waals surface area contributed by atoms with E-state index in [-0.39, 0.29) is 29.9 Å². The molecule has 2 N–H and O–H groups in total. The van der Waals surface area contributed by atoms with Gasteiger partial charge in [0.05, 0.1) is 19.3 Å². The van der Waals surface area contributed by atoms with Crippen LogP contribution in [0.4, 0.5) is 0 Å². The van der Waals surface area contributed by atoms with Crippen molar-refractivity contribution in [2.75, 3.05) is 7.11 Å². The van der Waals surface area contributed by atoms with Crippen molar-refractivity contribution in [3.8, 4) is 5.88 Å². The highest BCUT2D eigenvalue weighted by molar-refractivity contribution is 5.79. The minimum Gasteiger partial charge on any atom is -0.481 e. The predicted molar refractivity (Wildman–Crippen MR) is 91.6 cm³/mol. The number of aromatic nitrogens is 1. The van der Waals surface area contributed by atoms with Gasteiger partial charge in [-0.25, -0.2) is 4.98 Å². The van der Waals surface area contributed by atoms with Gasteiger partial charge in [0.1, 0.15) is 0 Å². The number of methoxy groups -OCH3 is 1. The molecule has 0 bridgehead atoms. The van der Waals surface area contributed by atoms with Crippen LogP contribution in [0.3, 0.4) is 0 Å².